The van der Waals surface area contributed by atoms with Gasteiger partial charge in [0.1, 0.15) is 11.5 Å². The van der Waals surface area contributed by atoms with Crippen LogP contribution in [0.5, 0.6) is 0 Å². The van der Waals surface area contributed by atoms with Gasteiger partial charge in [0.2, 0.25) is 0 Å². The quantitative estimate of drug-likeness (QED) is 0.893. The van der Waals surface area contributed by atoms with Crippen LogP contribution in [0.4, 0.5) is 5.82 Å². The molecule has 0 aliphatic carbocycles. The number of nitrogens with one attached hydrogen (secondary N) is 2. The third kappa shape index (κ3) is 3.16. The fourth-order valence-corrected chi connectivity index (χ4v) is 2.46. The Hall–Kier alpha value is -2.08. The van der Waals surface area contributed by atoms with Gasteiger partial charge >= 0.3 is 0 Å². The molecule has 6 nitrogen and oxygen atoms in total. The van der Waals surface area contributed by atoms with Crippen molar-refractivity contribution in [1.29, 1.82) is 0 Å². The molecule has 0 radical (unpaired) electrons. The molecule has 21 heavy (non-hydrogen) atoms. The summed E-state index contributed by atoms with van der Waals surface area (Å²) in [4.78, 5) is 17.6. The van der Waals surface area contributed by atoms with Gasteiger partial charge in [-0.3, -0.25) is 4.98 Å². The molecule has 0 bridgehead atoms. The zero-order chi connectivity index (χ0) is 14.7. The van der Waals surface area contributed by atoms with Crippen molar-refractivity contribution in [1.82, 2.24) is 25.3 Å². The Morgan fingerprint density at radius 2 is 1.95 bits per heavy atom. The Labute approximate surface area is 124 Å². The van der Waals surface area contributed by atoms with Crippen LogP contribution in [0.25, 0.3) is 11.5 Å². The second-order valence-corrected chi connectivity index (χ2v) is 5.37. The van der Waals surface area contributed by atoms with Crippen molar-refractivity contribution in [2.75, 3.05) is 18.4 Å². The lowest BCUT2D eigenvalue weighted by molar-refractivity contribution is 0.478. The Kier molecular flexibility index (Phi) is 4.06. The van der Waals surface area contributed by atoms with E-state index in [1.807, 2.05) is 6.92 Å². The van der Waals surface area contributed by atoms with Crippen molar-refractivity contribution in [3.8, 4) is 11.5 Å². The third-order valence-electron chi connectivity index (χ3n) is 3.86. The molecule has 0 atom stereocenters. The van der Waals surface area contributed by atoms with Crippen molar-refractivity contribution < 1.29 is 0 Å². The highest BCUT2D eigenvalue weighted by Crippen LogP contribution is 2.21. The van der Waals surface area contributed by atoms with Gasteiger partial charge < -0.3 is 10.6 Å². The van der Waals surface area contributed by atoms with Crippen LogP contribution in [0.2, 0.25) is 0 Å². The van der Waals surface area contributed by atoms with E-state index in [9.17, 15) is 0 Å². The van der Waals surface area contributed by atoms with Gasteiger partial charge in [-0.25, -0.2) is 15.0 Å². The largest absolute Gasteiger partial charge is 0.367 e. The first-order valence-corrected chi connectivity index (χ1v) is 7.33. The molecule has 2 aromatic heterocycles. The highest BCUT2D eigenvalue weighted by molar-refractivity contribution is 5.55. The molecule has 110 valence electrons. The predicted molar refractivity (Wildman–Crippen MR) is 82.0 cm³/mol. The molecule has 1 fully saturated rings. The second kappa shape index (κ2) is 6.13. The maximum absolute atomic E-state index is 4.65. The van der Waals surface area contributed by atoms with Gasteiger partial charge in [-0.2, -0.15) is 0 Å². The number of hydrogen-bond donors (Lipinski definition) is 2. The number of rotatable bonds is 3. The summed E-state index contributed by atoms with van der Waals surface area (Å²) in [5, 5.41) is 6.93. The lowest BCUT2D eigenvalue weighted by Gasteiger charge is -2.25. The molecule has 0 spiro atoms. The highest BCUT2D eigenvalue weighted by atomic mass is 15.1. The molecule has 3 heterocycles. The number of nitrogens with zero attached hydrogens (tertiary/aromatic N) is 4. The zero-order valence-corrected chi connectivity index (χ0v) is 12.4. The van der Waals surface area contributed by atoms with Crippen LogP contribution in [-0.2, 0) is 0 Å². The van der Waals surface area contributed by atoms with E-state index >= 15 is 0 Å². The smallest absolute Gasteiger partial charge is 0.182 e. The van der Waals surface area contributed by atoms with Crippen LogP contribution in [-0.4, -0.2) is 39.1 Å². The number of anilines is 1. The monoisotopic (exact) mass is 284 g/mol. The van der Waals surface area contributed by atoms with E-state index in [0.29, 0.717) is 17.6 Å². The van der Waals surface area contributed by atoms with Gasteiger partial charge in [-0.15, -0.1) is 0 Å². The average Bonchev–Trinajstić information content (AvgIpc) is 2.53. The Morgan fingerprint density at radius 1 is 1.14 bits per heavy atom. The fourth-order valence-electron chi connectivity index (χ4n) is 2.46. The van der Waals surface area contributed by atoms with Crippen molar-refractivity contribution in [2.45, 2.75) is 32.7 Å². The van der Waals surface area contributed by atoms with E-state index in [2.05, 4.69) is 37.5 Å². The van der Waals surface area contributed by atoms with E-state index in [-0.39, 0.29) is 0 Å². The fraction of sp³-hybridized carbons (Fsp3) is 0.467. The van der Waals surface area contributed by atoms with Crippen molar-refractivity contribution >= 4 is 5.82 Å². The van der Waals surface area contributed by atoms with E-state index in [0.717, 1.165) is 43.0 Å². The van der Waals surface area contributed by atoms with Crippen LogP contribution in [0.15, 0.2) is 18.6 Å². The van der Waals surface area contributed by atoms with Gasteiger partial charge in [0.05, 0.1) is 6.20 Å². The molecular formula is C15H20N6. The van der Waals surface area contributed by atoms with E-state index in [1.54, 1.807) is 18.6 Å². The maximum atomic E-state index is 4.65. The summed E-state index contributed by atoms with van der Waals surface area (Å²) in [7, 11) is 0. The molecule has 2 aromatic rings. The minimum absolute atomic E-state index is 0.467. The number of aryl methyl sites for hydroxylation is 1. The Bertz CT molecular complexity index is 607. The molecule has 0 unspecified atom stereocenters. The summed E-state index contributed by atoms with van der Waals surface area (Å²) in [5.74, 6) is 1.54. The van der Waals surface area contributed by atoms with Gasteiger partial charge in [0.25, 0.3) is 0 Å². The first kappa shape index (κ1) is 13.9. The molecule has 2 N–H and O–H groups in total. The minimum atomic E-state index is 0.467. The van der Waals surface area contributed by atoms with Gasteiger partial charge in [0, 0.05) is 29.7 Å². The normalized spacial score (nSPS) is 15.9. The standard InChI is InChI=1S/C15H20N6/c1-10-11(2)19-15(13-9-17-7-8-18-13)21-14(10)20-12-3-5-16-6-4-12/h7-9,12,16H,3-6H2,1-2H3,(H,19,20,21). The lowest BCUT2D eigenvalue weighted by Crippen LogP contribution is -2.35. The predicted octanol–water partition coefficient (Wildman–Crippen LogP) is 1.71. The molecule has 3 rings (SSSR count). The van der Waals surface area contributed by atoms with Crippen LogP contribution < -0.4 is 10.6 Å². The number of piperidine rings is 1. The minimum Gasteiger partial charge on any atom is -0.367 e. The first-order chi connectivity index (χ1) is 10.2. The lowest BCUT2D eigenvalue weighted by atomic mass is 10.1. The highest BCUT2D eigenvalue weighted by Gasteiger charge is 2.16. The van der Waals surface area contributed by atoms with E-state index < -0.39 is 0 Å². The zero-order valence-electron chi connectivity index (χ0n) is 12.4. The molecule has 1 aliphatic rings. The summed E-state index contributed by atoms with van der Waals surface area (Å²) < 4.78 is 0. The molecule has 1 saturated heterocycles. The van der Waals surface area contributed by atoms with Gasteiger partial charge in [-0.1, -0.05) is 0 Å². The maximum Gasteiger partial charge on any atom is 0.182 e. The second-order valence-electron chi connectivity index (χ2n) is 5.37. The van der Waals surface area contributed by atoms with E-state index in [1.165, 1.54) is 0 Å². The van der Waals surface area contributed by atoms with Gasteiger partial charge in [0.15, 0.2) is 5.82 Å². The number of hydrogen-bond acceptors (Lipinski definition) is 6. The van der Waals surface area contributed by atoms with E-state index in [4.69, 9.17) is 0 Å². The molecule has 0 saturated carbocycles. The summed E-state index contributed by atoms with van der Waals surface area (Å²) in [6.45, 7) is 6.17. The summed E-state index contributed by atoms with van der Waals surface area (Å²) in [5.41, 5.74) is 2.78. The summed E-state index contributed by atoms with van der Waals surface area (Å²) in [6.07, 6.45) is 7.23. The van der Waals surface area contributed by atoms with Crippen molar-refractivity contribution in [3.63, 3.8) is 0 Å². The number of aromatic nitrogens is 4. The summed E-state index contributed by atoms with van der Waals surface area (Å²) >= 11 is 0. The van der Waals surface area contributed by atoms with Crippen LogP contribution in [0, 0.1) is 13.8 Å². The van der Waals surface area contributed by atoms with Crippen LogP contribution in [0.1, 0.15) is 24.1 Å². The SMILES string of the molecule is Cc1nc(-c2cnccn2)nc(NC2CCNCC2)c1C. The Balaban J connectivity index is 1.90. The molecule has 6 heteroatoms. The topological polar surface area (TPSA) is 75.6 Å². The van der Waals surface area contributed by atoms with Crippen LogP contribution >= 0.6 is 0 Å². The molecular weight excluding hydrogens is 264 g/mol. The first-order valence-electron chi connectivity index (χ1n) is 7.33. The van der Waals surface area contributed by atoms with Crippen molar-refractivity contribution in [3.05, 3.63) is 29.8 Å². The molecule has 1 aliphatic heterocycles. The van der Waals surface area contributed by atoms with Crippen molar-refractivity contribution in [2.24, 2.45) is 0 Å². The van der Waals surface area contributed by atoms with Gasteiger partial charge in [-0.05, 0) is 39.8 Å². The molecule has 0 aromatic carbocycles. The van der Waals surface area contributed by atoms with Crippen LogP contribution in [0.3, 0.4) is 0 Å². The third-order valence-corrected chi connectivity index (χ3v) is 3.86. The molecule has 0 amide bonds. The average molecular weight is 284 g/mol. The summed E-state index contributed by atoms with van der Waals surface area (Å²) in [6, 6.07) is 0.467. The Morgan fingerprint density at radius 3 is 2.67 bits per heavy atom.